The first-order chi connectivity index (χ1) is 8.78. The van der Waals surface area contributed by atoms with Crippen molar-refractivity contribution in [1.29, 1.82) is 0 Å². The maximum atomic E-state index is 11.3. The number of benzene rings is 1. The van der Waals surface area contributed by atoms with Crippen molar-refractivity contribution < 1.29 is 9.53 Å². The van der Waals surface area contributed by atoms with Crippen LogP contribution in [0.3, 0.4) is 0 Å². The minimum atomic E-state index is -0.501. The number of hydrogen-bond acceptors (Lipinski definition) is 2. The number of alkyl carbamates (subject to hydrolysis) is 1. The van der Waals surface area contributed by atoms with Gasteiger partial charge in [-0.15, -0.1) is 0 Å². The van der Waals surface area contributed by atoms with Gasteiger partial charge in [-0.05, 0) is 54.9 Å². The van der Waals surface area contributed by atoms with Crippen molar-refractivity contribution >= 4 is 33.6 Å². The number of carbonyl (C=O) groups is 1. The van der Waals surface area contributed by atoms with Crippen LogP contribution in [-0.2, 0) is 4.74 Å². The third-order valence-corrected chi connectivity index (χ3v) is 3.09. The predicted octanol–water partition coefficient (Wildman–Crippen LogP) is 3.98. The van der Waals surface area contributed by atoms with E-state index in [-0.39, 0.29) is 6.54 Å². The SMILES string of the molecule is CC(C)(C)OC(=O)NCC#Cc1ccc(Cl)c(Br)c1. The molecular formula is C14H15BrClNO2. The zero-order valence-electron chi connectivity index (χ0n) is 11.0. The summed E-state index contributed by atoms with van der Waals surface area (Å²) in [6.45, 7) is 5.66. The van der Waals surface area contributed by atoms with Crippen molar-refractivity contribution in [2.45, 2.75) is 26.4 Å². The number of amides is 1. The summed E-state index contributed by atoms with van der Waals surface area (Å²) in [4.78, 5) is 11.3. The Morgan fingerprint density at radius 3 is 2.74 bits per heavy atom. The van der Waals surface area contributed by atoms with Crippen LogP contribution in [-0.4, -0.2) is 18.2 Å². The number of ether oxygens (including phenoxy) is 1. The van der Waals surface area contributed by atoms with Crippen molar-refractivity contribution in [3.05, 3.63) is 33.3 Å². The van der Waals surface area contributed by atoms with Gasteiger partial charge in [0.15, 0.2) is 0 Å². The Morgan fingerprint density at radius 1 is 1.47 bits per heavy atom. The molecule has 0 spiro atoms. The number of nitrogens with one attached hydrogen (secondary N) is 1. The molecule has 0 saturated heterocycles. The van der Waals surface area contributed by atoms with E-state index in [4.69, 9.17) is 16.3 Å². The van der Waals surface area contributed by atoms with E-state index >= 15 is 0 Å². The monoisotopic (exact) mass is 343 g/mol. The topological polar surface area (TPSA) is 38.3 Å². The Labute approximate surface area is 126 Å². The van der Waals surface area contributed by atoms with Gasteiger partial charge in [-0.3, -0.25) is 0 Å². The second-order valence-corrected chi connectivity index (χ2v) is 6.05. The fourth-order valence-electron chi connectivity index (χ4n) is 1.15. The van der Waals surface area contributed by atoms with Crippen molar-refractivity contribution in [2.75, 3.05) is 6.54 Å². The van der Waals surface area contributed by atoms with Gasteiger partial charge in [0.2, 0.25) is 0 Å². The Balaban J connectivity index is 2.47. The first-order valence-corrected chi connectivity index (χ1v) is 6.86. The summed E-state index contributed by atoms with van der Waals surface area (Å²) in [5.41, 5.74) is 0.320. The Bertz CT molecular complexity index is 526. The van der Waals surface area contributed by atoms with E-state index in [1.54, 1.807) is 6.07 Å². The van der Waals surface area contributed by atoms with Gasteiger partial charge >= 0.3 is 6.09 Å². The largest absolute Gasteiger partial charge is 0.444 e. The van der Waals surface area contributed by atoms with Gasteiger partial charge in [0.1, 0.15) is 5.60 Å². The van der Waals surface area contributed by atoms with Crippen LogP contribution in [0.15, 0.2) is 22.7 Å². The van der Waals surface area contributed by atoms with Gasteiger partial charge in [0.05, 0.1) is 11.6 Å². The van der Waals surface area contributed by atoms with Crippen LogP contribution in [0.2, 0.25) is 5.02 Å². The fourth-order valence-corrected chi connectivity index (χ4v) is 1.65. The van der Waals surface area contributed by atoms with Gasteiger partial charge in [0, 0.05) is 10.0 Å². The molecule has 19 heavy (non-hydrogen) atoms. The van der Waals surface area contributed by atoms with Crippen LogP contribution in [0.25, 0.3) is 0 Å². The molecule has 1 amide bonds. The molecule has 0 bridgehead atoms. The molecule has 0 heterocycles. The quantitative estimate of drug-likeness (QED) is 0.783. The molecule has 0 aliphatic carbocycles. The third kappa shape index (κ3) is 6.51. The summed E-state index contributed by atoms with van der Waals surface area (Å²) < 4.78 is 5.87. The molecule has 0 radical (unpaired) electrons. The summed E-state index contributed by atoms with van der Waals surface area (Å²) in [7, 11) is 0. The molecule has 0 saturated carbocycles. The predicted molar refractivity (Wildman–Crippen MR) is 80.3 cm³/mol. The van der Waals surface area contributed by atoms with E-state index in [1.807, 2.05) is 32.9 Å². The lowest BCUT2D eigenvalue weighted by Gasteiger charge is -2.18. The van der Waals surface area contributed by atoms with Crippen molar-refractivity contribution in [2.24, 2.45) is 0 Å². The molecule has 1 aromatic rings. The fraction of sp³-hybridized carbons (Fsp3) is 0.357. The van der Waals surface area contributed by atoms with Crippen LogP contribution in [0.5, 0.6) is 0 Å². The maximum Gasteiger partial charge on any atom is 0.408 e. The van der Waals surface area contributed by atoms with E-state index in [0.29, 0.717) is 5.02 Å². The second-order valence-electron chi connectivity index (χ2n) is 4.79. The number of halogens is 2. The average Bonchev–Trinajstić information content (AvgIpc) is 2.27. The molecule has 3 nitrogen and oxygen atoms in total. The molecule has 1 aromatic carbocycles. The zero-order chi connectivity index (χ0) is 14.5. The minimum absolute atomic E-state index is 0.231. The van der Waals surface area contributed by atoms with Gasteiger partial charge in [0.25, 0.3) is 0 Å². The van der Waals surface area contributed by atoms with Crippen molar-refractivity contribution in [1.82, 2.24) is 5.32 Å². The summed E-state index contributed by atoms with van der Waals surface area (Å²) >= 11 is 9.20. The molecule has 1 N–H and O–H groups in total. The van der Waals surface area contributed by atoms with Gasteiger partial charge in [-0.1, -0.05) is 23.4 Å². The molecule has 1 rings (SSSR count). The van der Waals surface area contributed by atoms with Crippen LogP contribution in [0.4, 0.5) is 4.79 Å². The number of hydrogen-bond donors (Lipinski definition) is 1. The smallest absolute Gasteiger partial charge is 0.408 e. The summed E-state index contributed by atoms with van der Waals surface area (Å²) in [6.07, 6.45) is -0.473. The molecule has 0 aromatic heterocycles. The van der Waals surface area contributed by atoms with Crippen molar-refractivity contribution in [3.63, 3.8) is 0 Å². The Morgan fingerprint density at radius 2 is 2.16 bits per heavy atom. The van der Waals surface area contributed by atoms with Gasteiger partial charge in [-0.25, -0.2) is 4.79 Å². The van der Waals surface area contributed by atoms with Crippen LogP contribution in [0, 0.1) is 11.8 Å². The summed E-state index contributed by atoms with van der Waals surface area (Å²) in [5, 5.41) is 3.20. The molecule has 0 atom stereocenters. The van der Waals surface area contributed by atoms with Crippen LogP contribution < -0.4 is 5.32 Å². The third-order valence-electron chi connectivity index (χ3n) is 1.87. The highest BCUT2D eigenvalue weighted by Crippen LogP contribution is 2.22. The first-order valence-electron chi connectivity index (χ1n) is 5.69. The lowest BCUT2D eigenvalue weighted by molar-refractivity contribution is 0.0535. The molecule has 0 unspecified atom stereocenters. The molecule has 0 fully saturated rings. The van der Waals surface area contributed by atoms with E-state index in [9.17, 15) is 4.79 Å². The van der Waals surface area contributed by atoms with E-state index < -0.39 is 11.7 Å². The van der Waals surface area contributed by atoms with E-state index in [2.05, 4.69) is 33.1 Å². The van der Waals surface area contributed by atoms with Crippen LogP contribution in [0.1, 0.15) is 26.3 Å². The summed E-state index contributed by atoms with van der Waals surface area (Å²) in [5.74, 6) is 5.76. The van der Waals surface area contributed by atoms with E-state index in [1.165, 1.54) is 0 Å². The lowest BCUT2D eigenvalue weighted by Crippen LogP contribution is -2.32. The molecule has 5 heteroatoms. The molecule has 0 aliphatic rings. The Hall–Kier alpha value is -1.18. The lowest BCUT2D eigenvalue weighted by atomic mass is 10.2. The highest BCUT2D eigenvalue weighted by Gasteiger charge is 2.14. The second kappa shape index (κ2) is 6.83. The van der Waals surface area contributed by atoms with Crippen LogP contribution >= 0.6 is 27.5 Å². The highest BCUT2D eigenvalue weighted by molar-refractivity contribution is 9.10. The van der Waals surface area contributed by atoms with Gasteiger partial charge in [-0.2, -0.15) is 0 Å². The number of carbonyl (C=O) groups excluding carboxylic acids is 1. The standard InChI is InChI=1S/C14H15BrClNO2/c1-14(2,3)19-13(18)17-8-4-5-10-6-7-12(16)11(15)9-10/h6-7,9H,8H2,1-3H3,(H,17,18). The molecule has 0 aliphatic heterocycles. The minimum Gasteiger partial charge on any atom is -0.444 e. The van der Waals surface area contributed by atoms with E-state index in [0.717, 1.165) is 10.0 Å². The molecular weight excluding hydrogens is 330 g/mol. The maximum absolute atomic E-state index is 11.3. The average molecular weight is 345 g/mol. The first kappa shape index (κ1) is 15.9. The molecule has 102 valence electrons. The zero-order valence-corrected chi connectivity index (χ0v) is 13.4. The Kier molecular flexibility index (Phi) is 5.71. The number of rotatable bonds is 1. The summed E-state index contributed by atoms with van der Waals surface area (Å²) in [6, 6.07) is 5.40. The highest BCUT2D eigenvalue weighted by atomic mass is 79.9. The van der Waals surface area contributed by atoms with Gasteiger partial charge < -0.3 is 10.1 Å². The normalized spacial score (nSPS) is 10.4. The van der Waals surface area contributed by atoms with Crippen molar-refractivity contribution in [3.8, 4) is 11.8 Å².